The summed E-state index contributed by atoms with van der Waals surface area (Å²) in [5.41, 5.74) is 2.81. The van der Waals surface area contributed by atoms with Crippen LogP contribution in [0, 0.1) is 0 Å². The topological polar surface area (TPSA) is 94.2 Å². The van der Waals surface area contributed by atoms with Crippen LogP contribution in [0.1, 0.15) is 70.1 Å². The van der Waals surface area contributed by atoms with Crippen molar-refractivity contribution < 1.29 is 42.7 Å². The minimum absolute atomic E-state index is 0.0548. The molecule has 3 atom stereocenters. The molecule has 55 heavy (non-hydrogen) atoms. The van der Waals surface area contributed by atoms with Gasteiger partial charge in [0.2, 0.25) is 0 Å². The van der Waals surface area contributed by atoms with Gasteiger partial charge >= 0.3 is 6.09 Å². The third-order valence-electron chi connectivity index (χ3n) is 9.54. The van der Waals surface area contributed by atoms with Crippen LogP contribution < -0.4 is 9.47 Å². The van der Waals surface area contributed by atoms with E-state index < -0.39 is 11.4 Å². The van der Waals surface area contributed by atoms with Crippen LogP contribution in [-0.4, -0.2) is 87.3 Å². The Balaban J connectivity index is 1.01. The van der Waals surface area contributed by atoms with Crippen molar-refractivity contribution in [3.8, 4) is 11.5 Å². The molecule has 6 rings (SSSR count). The lowest BCUT2D eigenvalue weighted by Crippen LogP contribution is -2.48. The van der Waals surface area contributed by atoms with Gasteiger partial charge in [-0.2, -0.15) is 0 Å². The summed E-state index contributed by atoms with van der Waals surface area (Å²) in [4.78, 5) is 14.9. The Morgan fingerprint density at radius 1 is 0.800 bits per heavy atom. The molecule has 0 N–H and O–H groups in total. The number of carbonyl (C=O) groups is 1. The summed E-state index contributed by atoms with van der Waals surface area (Å²) in [5.74, 6) is 1.17. The van der Waals surface area contributed by atoms with E-state index in [0.29, 0.717) is 65.9 Å². The van der Waals surface area contributed by atoms with Crippen LogP contribution in [0.3, 0.4) is 0 Å². The van der Waals surface area contributed by atoms with E-state index in [9.17, 15) is 4.79 Å². The monoisotopic (exact) mass is 755 g/mol. The molecule has 2 aliphatic heterocycles. The molecular weight excluding hydrogens is 698 g/mol. The molecule has 0 spiro atoms. The zero-order valence-electron chi connectivity index (χ0n) is 33.0. The molecule has 1 amide bonds. The van der Waals surface area contributed by atoms with Crippen LogP contribution in [0.4, 0.5) is 4.79 Å². The number of ether oxygens (including phenoxy) is 8. The predicted molar refractivity (Wildman–Crippen MR) is 212 cm³/mol. The second-order valence-corrected chi connectivity index (χ2v) is 15.7. The van der Waals surface area contributed by atoms with E-state index in [1.165, 1.54) is 5.56 Å². The molecule has 10 heteroatoms. The predicted octanol–water partition coefficient (Wildman–Crippen LogP) is 8.68. The summed E-state index contributed by atoms with van der Waals surface area (Å²) in [6.07, 6.45) is 0.977. The van der Waals surface area contributed by atoms with Crippen LogP contribution >= 0.6 is 0 Å². The van der Waals surface area contributed by atoms with Crippen molar-refractivity contribution in [2.24, 2.45) is 0 Å². The Labute approximate surface area is 325 Å². The fourth-order valence-corrected chi connectivity index (χ4v) is 6.82. The first kappa shape index (κ1) is 40.5. The second kappa shape index (κ2) is 19.1. The molecule has 2 heterocycles. The molecule has 2 saturated heterocycles. The number of rotatable bonds is 17. The van der Waals surface area contributed by atoms with E-state index in [1.807, 2.05) is 77.1 Å². The highest BCUT2D eigenvalue weighted by molar-refractivity contribution is 5.84. The highest BCUT2D eigenvalue weighted by atomic mass is 16.7. The summed E-state index contributed by atoms with van der Waals surface area (Å²) in [6.45, 7) is 14.7. The maximum Gasteiger partial charge on any atom is 0.410 e. The third-order valence-corrected chi connectivity index (χ3v) is 9.54. The van der Waals surface area contributed by atoms with Crippen LogP contribution in [-0.2, 0) is 41.6 Å². The molecule has 0 aromatic heterocycles. The van der Waals surface area contributed by atoms with E-state index >= 15 is 0 Å². The normalized spacial score (nSPS) is 19.7. The lowest BCUT2D eigenvalue weighted by atomic mass is 9.87. The standard InChI is InChI=1S/C45H57NO9/c1-44(2,3)55-43(47)46-21-20-41(35-14-17-38(18-15-35)50-23-9-22-48-29-33-10-7-6-8-11-33)42(28-46)52-30-34-12-13-37-27-39(19-16-36(37)26-34)51-25-24-49-31-40-32-53-45(4,5)54-40/h6-8,10-19,26-27,40-42H,9,20-25,28-32H2,1-5H3. The van der Waals surface area contributed by atoms with Crippen molar-refractivity contribution in [1.82, 2.24) is 4.90 Å². The summed E-state index contributed by atoms with van der Waals surface area (Å²) >= 11 is 0. The molecule has 2 aliphatic rings. The summed E-state index contributed by atoms with van der Waals surface area (Å²) in [5, 5.41) is 2.18. The summed E-state index contributed by atoms with van der Waals surface area (Å²) < 4.78 is 47.3. The van der Waals surface area contributed by atoms with E-state index in [-0.39, 0.29) is 24.2 Å². The highest BCUT2D eigenvalue weighted by Crippen LogP contribution is 2.33. The first-order valence-electron chi connectivity index (χ1n) is 19.5. The van der Waals surface area contributed by atoms with Gasteiger partial charge in [0.1, 0.15) is 29.8 Å². The molecule has 4 aromatic carbocycles. The summed E-state index contributed by atoms with van der Waals surface area (Å²) in [6, 6.07) is 30.9. The van der Waals surface area contributed by atoms with Gasteiger partial charge in [-0.05, 0) is 98.8 Å². The van der Waals surface area contributed by atoms with Gasteiger partial charge in [0.05, 0.1) is 58.9 Å². The van der Waals surface area contributed by atoms with Crippen molar-refractivity contribution in [2.45, 2.75) is 90.2 Å². The number of fused-ring (bicyclic) bond motifs is 1. The number of benzene rings is 4. The molecule has 3 unspecified atom stereocenters. The van der Waals surface area contributed by atoms with Crippen molar-refractivity contribution in [2.75, 3.05) is 52.7 Å². The van der Waals surface area contributed by atoms with Gasteiger partial charge in [-0.3, -0.25) is 0 Å². The first-order chi connectivity index (χ1) is 26.5. The average Bonchev–Trinajstić information content (AvgIpc) is 3.52. The Bertz CT molecular complexity index is 1790. The lowest BCUT2D eigenvalue weighted by Gasteiger charge is -2.39. The number of piperidine rings is 1. The van der Waals surface area contributed by atoms with Crippen molar-refractivity contribution >= 4 is 16.9 Å². The van der Waals surface area contributed by atoms with E-state index in [0.717, 1.165) is 46.2 Å². The Hall–Kier alpha value is -4.19. The van der Waals surface area contributed by atoms with Crippen LogP contribution in [0.2, 0.25) is 0 Å². The molecule has 0 saturated carbocycles. The molecule has 0 radical (unpaired) electrons. The number of carbonyl (C=O) groups excluding carboxylic acids is 1. The largest absolute Gasteiger partial charge is 0.494 e. The van der Waals surface area contributed by atoms with Crippen molar-refractivity contribution in [3.05, 3.63) is 108 Å². The van der Waals surface area contributed by atoms with Crippen LogP contribution in [0.25, 0.3) is 10.8 Å². The number of amides is 1. The van der Waals surface area contributed by atoms with Gasteiger partial charge in [0.25, 0.3) is 0 Å². The minimum Gasteiger partial charge on any atom is -0.494 e. The van der Waals surface area contributed by atoms with Crippen molar-refractivity contribution in [3.63, 3.8) is 0 Å². The number of hydrogen-bond donors (Lipinski definition) is 0. The van der Waals surface area contributed by atoms with Gasteiger partial charge in [-0.25, -0.2) is 4.79 Å². The van der Waals surface area contributed by atoms with Crippen molar-refractivity contribution in [1.29, 1.82) is 0 Å². The minimum atomic E-state index is -0.574. The first-order valence-corrected chi connectivity index (χ1v) is 19.5. The second-order valence-electron chi connectivity index (χ2n) is 15.7. The highest BCUT2D eigenvalue weighted by Gasteiger charge is 2.35. The molecule has 0 bridgehead atoms. The van der Waals surface area contributed by atoms with E-state index in [1.54, 1.807) is 4.90 Å². The lowest BCUT2D eigenvalue weighted by molar-refractivity contribution is -0.145. The SMILES string of the molecule is CC(C)(C)OC(=O)N1CCC(c2ccc(OCCCOCc3ccccc3)cc2)C(OCc2ccc3cc(OCCOCC4COC(C)(C)O4)ccc3c2)C1. The van der Waals surface area contributed by atoms with Crippen LogP contribution in [0.5, 0.6) is 11.5 Å². The fourth-order valence-electron chi connectivity index (χ4n) is 6.82. The third kappa shape index (κ3) is 12.7. The maximum atomic E-state index is 13.1. The number of hydrogen-bond acceptors (Lipinski definition) is 9. The fraction of sp³-hybridized carbons (Fsp3) is 0.489. The molecular formula is C45H57NO9. The van der Waals surface area contributed by atoms with Gasteiger partial charge in [0.15, 0.2) is 5.79 Å². The van der Waals surface area contributed by atoms with Gasteiger partial charge in [0, 0.05) is 18.9 Å². The Kier molecular flexibility index (Phi) is 14.1. The molecule has 296 valence electrons. The average molecular weight is 756 g/mol. The molecule has 4 aromatic rings. The van der Waals surface area contributed by atoms with E-state index in [4.69, 9.17) is 37.9 Å². The Morgan fingerprint density at radius 3 is 2.31 bits per heavy atom. The molecule has 0 aliphatic carbocycles. The zero-order chi connectivity index (χ0) is 38.7. The smallest absolute Gasteiger partial charge is 0.410 e. The van der Waals surface area contributed by atoms with Gasteiger partial charge in [-0.15, -0.1) is 0 Å². The quantitative estimate of drug-likeness (QED) is 0.0982. The number of likely N-dealkylation sites (tertiary alicyclic amines) is 1. The van der Waals surface area contributed by atoms with E-state index in [2.05, 4.69) is 48.5 Å². The summed E-state index contributed by atoms with van der Waals surface area (Å²) in [7, 11) is 0. The molecule has 2 fully saturated rings. The zero-order valence-corrected chi connectivity index (χ0v) is 33.0. The van der Waals surface area contributed by atoms with Gasteiger partial charge < -0.3 is 42.8 Å². The van der Waals surface area contributed by atoms with Gasteiger partial charge in [-0.1, -0.05) is 60.7 Å². The van der Waals surface area contributed by atoms with Crippen LogP contribution in [0.15, 0.2) is 91.0 Å². The molecule has 10 nitrogen and oxygen atoms in total. The Morgan fingerprint density at radius 2 is 1.55 bits per heavy atom. The maximum absolute atomic E-state index is 13.1. The number of nitrogens with zero attached hydrogens (tertiary/aromatic N) is 1.